The van der Waals surface area contributed by atoms with Crippen LogP contribution < -0.4 is 4.90 Å². The molecule has 0 amide bonds. The predicted octanol–water partition coefficient (Wildman–Crippen LogP) is 1.94. The maximum atomic E-state index is 10.9. The van der Waals surface area contributed by atoms with Crippen molar-refractivity contribution in [3.8, 4) is 0 Å². The Labute approximate surface area is 126 Å². The zero-order valence-electron chi connectivity index (χ0n) is 11.5. The molecule has 0 radical (unpaired) electrons. The largest absolute Gasteiger partial charge is 0.338 e. The standard InChI is InChI=1S/C13H14ClN5O2/c1-17-4-6-18(7-5-17)13-15-11-8-9(19(20)21)2-3-10(11)12(14)16-13/h2-3,8H,4-7H2,1H3. The molecule has 1 aromatic carbocycles. The number of likely N-dealkylation sites (N-methyl/N-ethyl adjacent to an activating group) is 1. The van der Waals surface area contributed by atoms with Gasteiger partial charge in [0, 0.05) is 43.7 Å². The van der Waals surface area contributed by atoms with Crippen LogP contribution in [0.3, 0.4) is 0 Å². The number of rotatable bonds is 2. The van der Waals surface area contributed by atoms with Crippen molar-refractivity contribution in [1.29, 1.82) is 0 Å². The minimum absolute atomic E-state index is 0.00148. The summed E-state index contributed by atoms with van der Waals surface area (Å²) in [6.45, 7) is 3.47. The molecule has 8 heteroatoms. The van der Waals surface area contributed by atoms with Gasteiger partial charge in [0.25, 0.3) is 5.69 Å². The average Bonchev–Trinajstić information content (AvgIpc) is 2.47. The van der Waals surface area contributed by atoms with Crippen molar-refractivity contribution in [2.45, 2.75) is 0 Å². The van der Waals surface area contributed by atoms with Gasteiger partial charge >= 0.3 is 0 Å². The van der Waals surface area contributed by atoms with Crippen molar-refractivity contribution in [3.05, 3.63) is 33.5 Å². The van der Waals surface area contributed by atoms with Crippen molar-refractivity contribution in [2.75, 3.05) is 38.1 Å². The SMILES string of the molecule is CN1CCN(c2nc(Cl)c3ccc([N+](=O)[O-])cc3n2)CC1. The first kappa shape index (κ1) is 14.0. The molecule has 1 fully saturated rings. The van der Waals surface area contributed by atoms with E-state index in [1.807, 2.05) is 4.90 Å². The number of hydrogen-bond donors (Lipinski definition) is 0. The molecule has 2 aromatic rings. The molecule has 2 heterocycles. The van der Waals surface area contributed by atoms with E-state index in [-0.39, 0.29) is 5.69 Å². The molecule has 21 heavy (non-hydrogen) atoms. The molecule has 0 N–H and O–H groups in total. The van der Waals surface area contributed by atoms with E-state index in [0.29, 0.717) is 22.0 Å². The molecule has 0 bridgehead atoms. The van der Waals surface area contributed by atoms with Crippen LogP contribution in [0.5, 0.6) is 0 Å². The highest BCUT2D eigenvalue weighted by Crippen LogP contribution is 2.27. The number of aromatic nitrogens is 2. The predicted molar refractivity (Wildman–Crippen MR) is 80.9 cm³/mol. The van der Waals surface area contributed by atoms with E-state index < -0.39 is 4.92 Å². The first-order chi connectivity index (χ1) is 10.0. The number of non-ortho nitro benzene ring substituents is 1. The summed E-state index contributed by atoms with van der Waals surface area (Å²) in [5.41, 5.74) is 0.500. The lowest BCUT2D eigenvalue weighted by Crippen LogP contribution is -2.45. The lowest BCUT2D eigenvalue weighted by molar-refractivity contribution is -0.384. The van der Waals surface area contributed by atoms with E-state index in [2.05, 4.69) is 21.9 Å². The quantitative estimate of drug-likeness (QED) is 0.479. The molecule has 1 aliphatic heterocycles. The number of piperazine rings is 1. The number of nitrogens with zero attached hydrogens (tertiary/aromatic N) is 5. The van der Waals surface area contributed by atoms with E-state index >= 15 is 0 Å². The van der Waals surface area contributed by atoms with Crippen LogP contribution in [0.1, 0.15) is 0 Å². The Balaban J connectivity index is 2.02. The van der Waals surface area contributed by atoms with Crippen LogP contribution in [-0.4, -0.2) is 53.0 Å². The first-order valence-corrected chi connectivity index (χ1v) is 6.97. The van der Waals surface area contributed by atoms with E-state index in [4.69, 9.17) is 11.6 Å². The van der Waals surface area contributed by atoms with Gasteiger partial charge < -0.3 is 9.80 Å². The monoisotopic (exact) mass is 307 g/mol. The maximum absolute atomic E-state index is 10.9. The Morgan fingerprint density at radius 1 is 1.24 bits per heavy atom. The molecule has 0 saturated carbocycles. The van der Waals surface area contributed by atoms with Crippen molar-refractivity contribution >= 4 is 34.1 Å². The highest BCUT2D eigenvalue weighted by molar-refractivity contribution is 6.34. The third-order valence-corrected chi connectivity index (χ3v) is 3.91. The molecule has 110 valence electrons. The van der Waals surface area contributed by atoms with E-state index in [1.165, 1.54) is 12.1 Å². The fourth-order valence-corrected chi connectivity index (χ4v) is 2.56. The van der Waals surface area contributed by atoms with Gasteiger partial charge in [0.2, 0.25) is 5.95 Å². The minimum Gasteiger partial charge on any atom is -0.338 e. The second-order valence-corrected chi connectivity index (χ2v) is 5.42. The molecule has 0 aliphatic carbocycles. The lowest BCUT2D eigenvalue weighted by Gasteiger charge is -2.32. The molecule has 0 unspecified atom stereocenters. The van der Waals surface area contributed by atoms with Crippen LogP contribution in [0.4, 0.5) is 11.6 Å². The normalized spacial score (nSPS) is 16.4. The molecule has 0 atom stereocenters. The van der Waals surface area contributed by atoms with Crippen LogP contribution in [0, 0.1) is 10.1 Å². The summed E-state index contributed by atoms with van der Waals surface area (Å²) in [6, 6.07) is 4.43. The van der Waals surface area contributed by atoms with Gasteiger partial charge in [-0.3, -0.25) is 10.1 Å². The molecule has 7 nitrogen and oxygen atoms in total. The van der Waals surface area contributed by atoms with Gasteiger partial charge in [-0.05, 0) is 13.1 Å². The zero-order chi connectivity index (χ0) is 15.0. The topological polar surface area (TPSA) is 75.4 Å². The number of hydrogen-bond acceptors (Lipinski definition) is 6. The maximum Gasteiger partial charge on any atom is 0.271 e. The van der Waals surface area contributed by atoms with Crippen LogP contribution in [0.2, 0.25) is 5.15 Å². The van der Waals surface area contributed by atoms with Crippen LogP contribution in [-0.2, 0) is 0 Å². The minimum atomic E-state index is -0.440. The fourth-order valence-electron chi connectivity index (χ4n) is 2.33. The molecular formula is C13H14ClN5O2. The summed E-state index contributed by atoms with van der Waals surface area (Å²) in [4.78, 5) is 23.4. The molecule has 1 saturated heterocycles. The molecule has 3 rings (SSSR count). The fraction of sp³-hybridized carbons (Fsp3) is 0.385. The summed E-state index contributed by atoms with van der Waals surface area (Å²) >= 11 is 6.18. The summed E-state index contributed by atoms with van der Waals surface area (Å²) < 4.78 is 0. The van der Waals surface area contributed by atoms with Crippen LogP contribution >= 0.6 is 11.6 Å². The van der Waals surface area contributed by atoms with Gasteiger partial charge in [-0.25, -0.2) is 9.97 Å². The lowest BCUT2D eigenvalue weighted by atomic mass is 10.2. The van der Waals surface area contributed by atoms with Gasteiger partial charge in [0.05, 0.1) is 10.4 Å². The average molecular weight is 308 g/mol. The van der Waals surface area contributed by atoms with Gasteiger partial charge in [-0.1, -0.05) is 11.6 Å². The number of halogens is 1. The van der Waals surface area contributed by atoms with Gasteiger partial charge in [0.1, 0.15) is 5.15 Å². The van der Waals surface area contributed by atoms with Gasteiger partial charge in [0.15, 0.2) is 0 Å². The van der Waals surface area contributed by atoms with Crippen molar-refractivity contribution in [3.63, 3.8) is 0 Å². The smallest absolute Gasteiger partial charge is 0.271 e. The Hall–Kier alpha value is -1.99. The highest BCUT2D eigenvalue weighted by Gasteiger charge is 2.19. The summed E-state index contributed by atoms with van der Waals surface area (Å²) in [5, 5.41) is 11.8. The third-order valence-electron chi connectivity index (χ3n) is 3.62. The molecular weight excluding hydrogens is 294 g/mol. The van der Waals surface area contributed by atoms with E-state index in [9.17, 15) is 10.1 Å². The van der Waals surface area contributed by atoms with E-state index in [1.54, 1.807) is 6.07 Å². The summed E-state index contributed by atoms with van der Waals surface area (Å²) in [5.74, 6) is 0.529. The van der Waals surface area contributed by atoms with Crippen LogP contribution in [0.15, 0.2) is 18.2 Å². The van der Waals surface area contributed by atoms with Gasteiger partial charge in [-0.15, -0.1) is 0 Å². The molecule has 1 aromatic heterocycles. The van der Waals surface area contributed by atoms with Crippen molar-refractivity contribution in [1.82, 2.24) is 14.9 Å². The summed E-state index contributed by atoms with van der Waals surface area (Å²) in [7, 11) is 2.06. The Bertz CT molecular complexity index is 700. The zero-order valence-corrected chi connectivity index (χ0v) is 12.2. The Morgan fingerprint density at radius 2 is 1.95 bits per heavy atom. The molecule has 0 spiro atoms. The number of fused-ring (bicyclic) bond motifs is 1. The summed E-state index contributed by atoms with van der Waals surface area (Å²) in [6.07, 6.45) is 0. The second kappa shape index (κ2) is 5.42. The highest BCUT2D eigenvalue weighted by atomic mass is 35.5. The number of benzene rings is 1. The first-order valence-electron chi connectivity index (χ1n) is 6.60. The number of nitro benzene ring substituents is 1. The van der Waals surface area contributed by atoms with Crippen molar-refractivity contribution in [2.24, 2.45) is 0 Å². The number of nitro groups is 1. The van der Waals surface area contributed by atoms with Crippen molar-refractivity contribution < 1.29 is 4.92 Å². The second-order valence-electron chi connectivity index (χ2n) is 5.06. The number of anilines is 1. The van der Waals surface area contributed by atoms with Crippen LogP contribution in [0.25, 0.3) is 10.9 Å². The Kier molecular flexibility index (Phi) is 3.60. The third kappa shape index (κ3) is 2.74. The Morgan fingerprint density at radius 3 is 2.62 bits per heavy atom. The molecule has 1 aliphatic rings. The van der Waals surface area contributed by atoms with Gasteiger partial charge in [-0.2, -0.15) is 0 Å². The van der Waals surface area contributed by atoms with E-state index in [0.717, 1.165) is 26.2 Å².